The number of methoxy groups -OCH3 is 1. The summed E-state index contributed by atoms with van der Waals surface area (Å²) in [6.07, 6.45) is 2.55. The highest BCUT2D eigenvalue weighted by Gasteiger charge is 2.38. The van der Waals surface area contributed by atoms with Gasteiger partial charge in [0.25, 0.3) is 0 Å². The van der Waals surface area contributed by atoms with Gasteiger partial charge in [-0.3, -0.25) is 9.69 Å². The molecule has 0 aliphatic carbocycles. The van der Waals surface area contributed by atoms with Crippen LogP contribution in [-0.4, -0.2) is 47.8 Å². The second-order valence-electron chi connectivity index (χ2n) is 4.55. The van der Waals surface area contributed by atoms with E-state index in [1.165, 1.54) is 7.11 Å². The summed E-state index contributed by atoms with van der Waals surface area (Å²) in [4.78, 5) is 13.3. The van der Waals surface area contributed by atoms with Crippen LogP contribution < -0.4 is 0 Å². The van der Waals surface area contributed by atoms with Crippen LogP contribution in [0.5, 0.6) is 0 Å². The molecule has 0 bridgehead atoms. The van der Waals surface area contributed by atoms with Gasteiger partial charge < -0.3 is 9.84 Å². The summed E-state index contributed by atoms with van der Waals surface area (Å²) in [5.74, 6) is -0.187. The SMILES string of the molecule is CCCC(C)(O)CN1CCC1C(=O)OC. The zero-order valence-electron chi connectivity index (χ0n) is 9.82. The fraction of sp³-hybridized carbons (Fsp3) is 0.909. The predicted octanol–water partition coefficient (Wildman–Crippen LogP) is 0.785. The fourth-order valence-corrected chi connectivity index (χ4v) is 2.09. The molecular weight excluding hydrogens is 194 g/mol. The number of esters is 1. The van der Waals surface area contributed by atoms with Crippen LogP contribution in [0.3, 0.4) is 0 Å². The standard InChI is InChI=1S/C11H21NO3/c1-4-6-11(2,14)8-12-7-5-9(12)10(13)15-3/h9,14H,4-8H2,1-3H3. The average molecular weight is 215 g/mol. The minimum atomic E-state index is -0.693. The van der Waals surface area contributed by atoms with Gasteiger partial charge in [-0.25, -0.2) is 0 Å². The van der Waals surface area contributed by atoms with Gasteiger partial charge in [0, 0.05) is 13.1 Å². The summed E-state index contributed by atoms with van der Waals surface area (Å²) >= 11 is 0. The van der Waals surface area contributed by atoms with Crippen LogP contribution in [0.1, 0.15) is 33.1 Å². The Balaban J connectivity index is 2.42. The second-order valence-corrected chi connectivity index (χ2v) is 4.55. The van der Waals surface area contributed by atoms with E-state index < -0.39 is 5.60 Å². The highest BCUT2D eigenvalue weighted by molar-refractivity contribution is 5.76. The molecule has 1 aliphatic rings. The molecule has 1 aliphatic heterocycles. The van der Waals surface area contributed by atoms with Crippen LogP contribution in [0.4, 0.5) is 0 Å². The maximum Gasteiger partial charge on any atom is 0.323 e. The predicted molar refractivity (Wildman–Crippen MR) is 57.5 cm³/mol. The number of hydrogen-bond donors (Lipinski definition) is 1. The Labute approximate surface area is 91.2 Å². The molecule has 88 valence electrons. The molecule has 1 heterocycles. The van der Waals surface area contributed by atoms with Gasteiger partial charge in [0.1, 0.15) is 6.04 Å². The molecule has 1 rings (SSSR count). The minimum absolute atomic E-state index is 0.140. The van der Waals surface area contributed by atoms with Gasteiger partial charge in [0.2, 0.25) is 0 Å². The molecule has 15 heavy (non-hydrogen) atoms. The minimum Gasteiger partial charge on any atom is -0.468 e. The molecule has 0 radical (unpaired) electrons. The van der Waals surface area contributed by atoms with Gasteiger partial charge in [-0.15, -0.1) is 0 Å². The van der Waals surface area contributed by atoms with Crippen molar-refractivity contribution in [1.29, 1.82) is 0 Å². The highest BCUT2D eigenvalue weighted by atomic mass is 16.5. The molecule has 1 saturated heterocycles. The van der Waals surface area contributed by atoms with Crippen LogP contribution in [0.15, 0.2) is 0 Å². The molecule has 0 aromatic carbocycles. The van der Waals surface area contributed by atoms with Crippen molar-refractivity contribution in [3.63, 3.8) is 0 Å². The first-order valence-electron chi connectivity index (χ1n) is 5.54. The molecule has 1 fully saturated rings. The smallest absolute Gasteiger partial charge is 0.323 e. The lowest BCUT2D eigenvalue weighted by atomic mass is 9.95. The summed E-state index contributed by atoms with van der Waals surface area (Å²) in [7, 11) is 1.41. The molecule has 1 N–H and O–H groups in total. The van der Waals surface area contributed by atoms with Crippen LogP contribution in [-0.2, 0) is 9.53 Å². The lowest BCUT2D eigenvalue weighted by Crippen LogP contribution is -2.57. The summed E-state index contributed by atoms with van der Waals surface area (Å²) in [5.41, 5.74) is -0.693. The number of hydrogen-bond acceptors (Lipinski definition) is 4. The number of ether oxygens (including phenoxy) is 1. The Morgan fingerprint density at radius 2 is 2.33 bits per heavy atom. The molecule has 2 atom stereocenters. The molecule has 0 saturated carbocycles. The van der Waals surface area contributed by atoms with E-state index in [1.54, 1.807) is 0 Å². The van der Waals surface area contributed by atoms with Crippen molar-refractivity contribution < 1.29 is 14.6 Å². The Bertz CT molecular complexity index is 228. The van der Waals surface area contributed by atoms with E-state index in [1.807, 2.05) is 18.7 Å². The van der Waals surface area contributed by atoms with Gasteiger partial charge in [0.15, 0.2) is 0 Å². The number of rotatable bonds is 5. The monoisotopic (exact) mass is 215 g/mol. The van der Waals surface area contributed by atoms with Crippen molar-refractivity contribution in [3.05, 3.63) is 0 Å². The largest absolute Gasteiger partial charge is 0.468 e. The van der Waals surface area contributed by atoms with E-state index in [0.717, 1.165) is 25.8 Å². The summed E-state index contributed by atoms with van der Waals surface area (Å²) in [5, 5.41) is 10.0. The van der Waals surface area contributed by atoms with Crippen molar-refractivity contribution >= 4 is 5.97 Å². The highest BCUT2D eigenvalue weighted by Crippen LogP contribution is 2.23. The first-order chi connectivity index (χ1) is 7.00. The molecule has 0 spiro atoms. The molecule has 0 aromatic rings. The van der Waals surface area contributed by atoms with E-state index in [9.17, 15) is 9.90 Å². The van der Waals surface area contributed by atoms with Gasteiger partial charge in [0.05, 0.1) is 12.7 Å². The van der Waals surface area contributed by atoms with E-state index in [2.05, 4.69) is 0 Å². The van der Waals surface area contributed by atoms with E-state index in [-0.39, 0.29) is 12.0 Å². The number of β-amino-alcohol motifs (C(OH)–C–C–N with tert-alkyl or cyclic N) is 1. The Kier molecular flexibility index (Phi) is 4.11. The van der Waals surface area contributed by atoms with Gasteiger partial charge in [-0.05, 0) is 19.8 Å². The van der Waals surface area contributed by atoms with Gasteiger partial charge >= 0.3 is 5.97 Å². The fourth-order valence-electron chi connectivity index (χ4n) is 2.09. The third kappa shape index (κ3) is 3.18. The van der Waals surface area contributed by atoms with Gasteiger partial charge in [-0.1, -0.05) is 13.3 Å². The van der Waals surface area contributed by atoms with Crippen molar-refractivity contribution in [1.82, 2.24) is 4.90 Å². The van der Waals surface area contributed by atoms with Crippen molar-refractivity contribution in [3.8, 4) is 0 Å². The van der Waals surface area contributed by atoms with E-state index in [4.69, 9.17) is 4.74 Å². The lowest BCUT2D eigenvalue weighted by Gasteiger charge is -2.42. The van der Waals surface area contributed by atoms with Gasteiger partial charge in [-0.2, -0.15) is 0 Å². The first-order valence-corrected chi connectivity index (χ1v) is 5.54. The molecule has 4 heteroatoms. The number of carbonyl (C=O) groups is 1. The van der Waals surface area contributed by atoms with Crippen LogP contribution in [0.2, 0.25) is 0 Å². The van der Waals surface area contributed by atoms with Crippen LogP contribution in [0.25, 0.3) is 0 Å². The van der Waals surface area contributed by atoms with Crippen molar-refractivity contribution in [2.75, 3.05) is 20.2 Å². The zero-order chi connectivity index (χ0) is 11.5. The molecule has 4 nitrogen and oxygen atoms in total. The number of carbonyl (C=O) groups excluding carboxylic acids is 1. The topological polar surface area (TPSA) is 49.8 Å². The molecule has 0 amide bonds. The van der Waals surface area contributed by atoms with Crippen molar-refractivity contribution in [2.24, 2.45) is 0 Å². The Hall–Kier alpha value is -0.610. The Morgan fingerprint density at radius 3 is 2.73 bits per heavy atom. The maximum atomic E-state index is 11.3. The average Bonchev–Trinajstić information content (AvgIpc) is 2.12. The first kappa shape index (κ1) is 12.5. The Morgan fingerprint density at radius 1 is 1.67 bits per heavy atom. The number of aliphatic hydroxyl groups is 1. The quantitative estimate of drug-likeness (QED) is 0.689. The molecule has 0 aromatic heterocycles. The normalized spacial score (nSPS) is 25.5. The summed E-state index contributed by atoms with van der Waals surface area (Å²) in [6, 6.07) is -0.140. The maximum absolute atomic E-state index is 11.3. The number of likely N-dealkylation sites (tertiary alicyclic amines) is 1. The van der Waals surface area contributed by atoms with Crippen LogP contribution in [0, 0.1) is 0 Å². The molecular formula is C11H21NO3. The third-order valence-corrected chi connectivity index (χ3v) is 2.94. The second kappa shape index (κ2) is 4.94. The number of nitrogens with zero attached hydrogens (tertiary/aromatic N) is 1. The lowest BCUT2D eigenvalue weighted by molar-refractivity contribution is -0.154. The molecule has 2 unspecified atom stereocenters. The third-order valence-electron chi connectivity index (χ3n) is 2.94. The zero-order valence-corrected chi connectivity index (χ0v) is 9.82. The summed E-state index contributed by atoms with van der Waals surface area (Å²) in [6.45, 7) is 5.30. The van der Waals surface area contributed by atoms with E-state index in [0.29, 0.717) is 6.54 Å². The van der Waals surface area contributed by atoms with Crippen molar-refractivity contribution in [2.45, 2.75) is 44.8 Å². The van der Waals surface area contributed by atoms with Crippen LogP contribution >= 0.6 is 0 Å². The van der Waals surface area contributed by atoms with E-state index >= 15 is 0 Å². The summed E-state index contributed by atoms with van der Waals surface area (Å²) < 4.78 is 4.70.